The third kappa shape index (κ3) is 6.03. The minimum Gasteiger partial charge on any atom is -0.481 e. The van der Waals surface area contributed by atoms with E-state index >= 15 is 0 Å². The second kappa shape index (κ2) is 9.68. The molecule has 10 heteroatoms. The number of carbonyl (C=O) groups excluding carboxylic acids is 2. The summed E-state index contributed by atoms with van der Waals surface area (Å²) in [7, 11) is -0.723. The molecule has 0 heterocycles. The van der Waals surface area contributed by atoms with Crippen molar-refractivity contribution in [2.45, 2.75) is 4.90 Å². The molecule has 0 spiro atoms. The highest BCUT2D eigenvalue weighted by Crippen LogP contribution is 2.17. The van der Waals surface area contributed by atoms with Crippen molar-refractivity contribution in [3.8, 4) is 11.8 Å². The zero-order valence-corrected chi connectivity index (χ0v) is 16.6. The maximum absolute atomic E-state index is 12.0. The Bertz CT molecular complexity index is 1030. The minimum atomic E-state index is -3.56. The summed E-state index contributed by atoms with van der Waals surface area (Å²) in [6, 6.07) is 13.9. The molecule has 0 aliphatic carbocycles. The average molecular weight is 417 g/mol. The molecule has 0 aliphatic rings. The van der Waals surface area contributed by atoms with Crippen LogP contribution in [0.3, 0.4) is 0 Å². The molecule has 2 rings (SSSR count). The van der Waals surface area contributed by atoms with Crippen LogP contribution in [0.1, 0.15) is 5.56 Å². The first-order valence-electron chi connectivity index (χ1n) is 8.34. The van der Waals surface area contributed by atoms with Gasteiger partial charge in [-0.05, 0) is 36.4 Å². The number of nitriles is 1. The number of amides is 1. The Labute approximate surface area is 168 Å². The number of para-hydroxylation sites is 1. The van der Waals surface area contributed by atoms with Gasteiger partial charge in [0.15, 0.2) is 13.2 Å². The van der Waals surface area contributed by atoms with Gasteiger partial charge in [0.05, 0.1) is 10.5 Å². The number of hydrogen-bond acceptors (Lipinski definition) is 7. The molecule has 0 aromatic heterocycles. The molecule has 152 valence electrons. The maximum atomic E-state index is 12.0. The highest BCUT2D eigenvalue weighted by Gasteiger charge is 2.17. The first kappa shape index (κ1) is 21.9. The molecule has 1 amide bonds. The Hall–Kier alpha value is -3.42. The molecular formula is C19H19N3O6S. The number of esters is 1. The SMILES string of the molecule is CN(C)S(=O)(=O)c1ccc(NC(=O)COC(=O)COc2ccccc2C#N)cc1. The molecule has 2 aromatic carbocycles. The van der Waals surface area contributed by atoms with Crippen molar-refractivity contribution in [3.63, 3.8) is 0 Å². The van der Waals surface area contributed by atoms with E-state index < -0.39 is 35.1 Å². The summed E-state index contributed by atoms with van der Waals surface area (Å²) in [5, 5.41) is 11.4. The maximum Gasteiger partial charge on any atom is 0.344 e. The number of hydrogen-bond donors (Lipinski definition) is 1. The molecular weight excluding hydrogens is 398 g/mol. The number of nitrogens with one attached hydrogen (secondary N) is 1. The third-order valence-corrected chi connectivity index (χ3v) is 5.46. The van der Waals surface area contributed by atoms with E-state index in [2.05, 4.69) is 5.32 Å². The van der Waals surface area contributed by atoms with E-state index in [0.29, 0.717) is 5.69 Å². The Morgan fingerprint density at radius 2 is 1.72 bits per heavy atom. The zero-order chi connectivity index (χ0) is 21.4. The summed E-state index contributed by atoms with van der Waals surface area (Å²) in [4.78, 5) is 23.7. The van der Waals surface area contributed by atoms with Crippen LogP contribution in [0.5, 0.6) is 5.75 Å². The average Bonchev–Trinajstić information content (AvgIpc) is 2.71. The van der Waals surface area contributed by atoms with Crippen LogP contribution in [0.2, 0.25) is 0 Å². The monoisotopic (exact) mass is 417 g/mol. The summed E-state index contributed by atoms with van der Waals surface area (Å²) in [5.74, 6) is -1.14. The highest BCUT2D eigenvalue weighted by molar-refractivity contribution is 7.89. The Balaban J connectivity index is 1.82. The number of benzene rings is 2. The molecule has 9 nitrogen and oxygen atoms in total. The van der Waals surface area contributed by atoms with E-state index in [9.17, 15) is 18.0 Å². The van der Waals surface area contributed by atoms with Crippen LogP contribution < -0.4 is 10.1 Å². The molecule has 0 saturated carbocycles. The molecule has 0 bridgehead atoms. The van der Waals surface area contributed by atoms with E-state index in [1.54, 1.807) is 24.3 Å². The van der Waals surface area contributed by atoms with Crippen molar-refractivity contribution in [2.75, 3.05) is 32.6 Å². The van der Waals surface area contributed by atoms with Crippen LogP contribution in [-0.4, -0.2) is 51.9 Å². The van der Waals surface area contributed by atoms with Crippen molar-refractivity contribution in [1.29, 1.82) is 5.26 Å². The number of carbonyl (C=O) groups is 2. The summed E-state index contributed by atoms with van der Waals surface area (Å²) in [6.07, 6.45) is 0. The van der Waals surface area contributed by atoms with Crippen LogP contribution in [-0.2, 0) is 24.3 Å². The molecule has 0 fully saturated rings. The smallest absolute Gasteiger partial charge is 0.344 e. The minimum absolute atomic E-state index is 0.0849. The predicted molar refractivity (Wildman–Crippen MR) is 104 cm³/mol. The lowest BCUT2D eigenvalue weighted by atomic mass is 10.2. The summed E-state index contributed by atoms with van der Waals surface area (Å²) in [6.45, 7) is -0.997. The molecule has 0 atom stereocenters. The quantitative estimate of drug-likeness (QED) is 0.643. The summed E-state index contributed by atoms with van der Waals surface area (Å²) in [5.41, 5.74) is 0.626. The van der Waals surface area contributed by atoms with Crippen LogP contribution in [0.4, 0.5) is 5.69 Å². The van der Waals surface area contributed by atoms with Crippen molar-refractivity contribution >= 4 is 27.6 Å². The first-order valence-corrected chi connectivity index (χ1v) is 9.78. The van der Waals surface area contributed by atoms with Gasteiger partial charge in [-0.1, -0.05) is 12.1 Å². The lowest BCUT2D eigenvalue weighted by Crippen LogP contribution is -2.24. The number of nitrogens with zero attached hydrogens (tertiary/aromatic N) is 2. The van der Waals surface area contributed by atoms with Gasteiger partial charge in [-0.2, -0.15) is 5.26 Å². The lowest BCUT2D eigenvalue weighted by Gasteiger charge is -2.12. The number of rotatable bonds is 8. The van der Waals surface area contributed by atoms with Crippen LogP contribution in [0.15, 0.2) is 53.4 Å². The van der Waals surface area contributed by atoms with Crippen molar-refractivity contribution in [3.05, 3.63) is 54.1 Å². The standard InChI is InChI=1S/C19H19N3O6S/c1-22(2)29(25,26)16-9-7-15(8-10-16)21-18(23)12-28-19(24)13-27-17-6-4-3-5-14(17)11-20/h3-10H,12-13H2,1-2H3,(H,21,23). The van der Waals surface area contributed by atoms with E-state index in [4.69, 9.17) is 14.7 Å². The topological polar surface area (TPSA) is 126 Å². The number of ether oxygens (including phenoxy) is 2. The summed E-state index contributed by atoms with van der Waals surface area (Å²) >= 11 is 0. The molecule has 0 radical (unpaired) electrons. The highest BCUT2D eigenvalue weighted by atomic mass is 32.2. The fraction of sp³-hybridized carbons (Fsp3) is 0.211. The van der Waals surface area contributed by atoms with Crippen molar-refractivity contribution < 1.29 is 27.5 Å². The molecule has 2 aromatic rings. The number of sulfonamides is 1. The van der Waals surface area contributed by atoms with Crippen LogP contribution in [0.25, 0.3) is 0 Å². The van der Waals surface area contributed by atoms with Gasteiger partial charge in [0.25, 0.3) is 5.91 Å². The molecule has 0 saturated heterocycles. The van der Waals surface area contributed by atoms with Gasteiger partial charge >= 0.3 is 5.97 Å². The van der Waals surface area contributed by atoms with Crippen molar-refractivity contribution in [1.82, 2.24) is 4.31 Å². The van der Waals surface area contributed by atoms with Crippen LogP contribution >= 0.6 is 0 Å². The van der Waals surface area contributed by atoms with Gasteiger partial charge < -0.3 is 14.8 Å². The second-order valence-electron chi connectivity index (χ2n) is 5.92. The normalized spacial score (nSPS) is 10.8. The fourth-order valence-corrected chi connectivity index (χ4v) is 3.03. The van der Waals surface area contributed by atoms with E-state index in [1.807, 2.05) is 6.07 Å². The van der Waals surface area contributed by atoms with E-state index in [0.717, 1.165) is 4.31 Å². The zero-order valence-electron chi connectivity index (χ0n) is 15.8. The molecule has 29 heavy (non-hydrogen) atoms. The second-order valence-corrected chi connectivity index (χ2v) is 8.07. The molecule has 0 unspecified atom stereocenters. The van der Waals surface area contributed by atoms with Gasteiger partial charge in [0.1, 0.15) is 11.8 Å². The Morgan fingerprint density at radius 3 is 2.34 bits per heavy atom. The van der Waals surface area contributed by atoms with Crippen LogP contribution in [0, 0.1) is 11.3 Å². The Kier molecular flexibility index (Phi) is 7.30. The van der Waals surface area contributed by atoms with E-state index in [-0.39, 0.29) is 16.2 Å². The predicted octanol–water partition coefficient (Wildman–Crippen LogP) is 1.37. The van der Waals surface area contributed by atoms with Gasteiger partial charge in [0, 0.05) is 19.8 Å². The fourth-order valence-electron chi connectivity index (χ4n) is 2.13. The summed E-state index contributed by atoms with van der Waals surface area (Å²) < 4.78 is 35.1. The lowest BCUT2D eigenvalue weighted by molar-refractivity contribution is -0.149. The van der Waals surface area contributed by atoms with E-state index in [1.165, 1.54) is 38.4 Å². The van der Waals surface area contributed by atoms with Gasteiger partial charge in [-0.3, -0.25) is 4.79 Å². The molecule has 1 N–H and O–H groups in total. The Morgan fingerprint density at radius 1 is 1.07 bits per heavy atom. The third-order valence-electron chi connectivity index (χ3n) is 3.63. The first-order chi connectivity index (χ1) is 13.7. The van der Waals surface area contributed by atoms with Gasteiger partial charge in [-0.25, -0.2) is 17.5 Å². The van der Waals surface area contributed by atoms with Crippen molar-refractivity contribution in [2.24, 2.45) is 0 Å². The molecule has 0 aliphatic heterocycles. The largest absolute Gasteiger partial charge is 0.481 e. The van der Waals surface area contributed by atoms with Gasteiger partial charge in [-0.15, -0.1) is 0 Å². The number of anilines is 1. The van der Waals surface area contributed by atoms with Gasteiger partial charge in [0.2, 0.25) is 10.0 Å².